The summed E-state index contributed by atoms with van der Waals surface area (Å²) in [5.74, 6) is 0.178. The summed E-state index contributed by atoms with van der Waals surface area (Å²) in [4.78, 5) is 10.8. The minimum Gasteiger partial charge on any atom is -0.481 e. The fourth-order valence-corrected chi connectivity index (χ4v) is 3.06. The van der Waals surface area contributed by atoms with Crippen LogP contribution in [0.4, 0.5) is 0 Å². The minimum absolute atomic E-state index is 0. The lowest BCUT2D eigenvalue weighted by atomic mass is 9.99. The third kappa shape index (κ3) is 1.86. The molecule has 0 aromatic carbocycles. The van der Waals surface area contributed by atoms with Gasteiger partial charge in [-0.15, -0.1) is 12.4 Å². The second-order valence-corrected chi connectivity index (χ2v) is 6.47. The van der Waals surface area contributed by atoms with E-state index in [4.69, 9.17) is 5.11 Å². The summed E-state index contributed by atoms with van der Waals surface area (Å²) in [6, 6.07) is 0.963. The first-order valence-corrected chi connectivity index (χ1v) is 6.35. The molecule has 4 nitrogen and oxygen atoms in total. The molecular weight excluding hydrogens is 254 g/mol. The zero-order valence-corrected chi connectivity index (χ0v) is 12.3. The van der Waals surface area contributed by atoms with Crippen molar-refractivity contribution in [3.8, 4) is 0 Å². The fourth-order valence-electron chi connectivity index (χ4n) is 3.06. The van der Waals surface area contributed by atoms with Crippen molar-refractivity contribution in [2.75, 3.05) is 6.54 Å². The van der Waals surface area contributed by atoms with Gasteiger partial charge in [-0.2, -0.15) is 0 Å². The number of carboxylic acids is 1. The summed E-state index contributed by atoms with van der Waals surface area (Å²) < 4.78 is 0. The van der Waals surface area contributed by atoms with Crippen LogP contribution in [-0.2, 0) is 4.79 Å². The zero-order chi connectivity index (χ0) is 13.1. The van der Waals surface area contributed by atoms with Crippen LogP contribution in [0.1, 0.15) is 40.5 Å². The number of carboxylic acid groups (broad SMARTS) is 1. The van der Waals surface area contributed by atoms with E-state index < -0.39 is 22.4 Å². The average Bonchev–Trinajstić information content (AvgIpc) is 2.93. The number of aliphatic hydroxyl groups is 1. The maximum atomic E-state index is 10.8. The first kappa shape index (κ1) is 15.7. The van der Waals surface area contributed by atoms with E-state index in [-0.39, 0.29) is 12.4 Å². The van der Waals surface area contributed by atoms with Crippen molar-refractivity contribution in [3.05, 3.63) is 0 Å². The molecule has 2 aliphatic carbocycles. The molecule has 0 radical (unpaired) electrons. The molecule has 0 bridgehead atoms. The summed E-state index contributed by atoms with van der Waals surface area (Å²) in [6.07, 6.45) is 2.92. The molecule has 1 saturated heterocycles. The Labute approximate surface area is 115 Å². The SMILES string of the molecule is C1CC2CC2N1.CC1(C)C(C)(O)C1(C)C(=O)O.Cl. The molecule has 5 heteroatoms. The highest BCUT2D eigenvalue weighted by molar-refractivity contribution is 5.85. The fraction of sp³-hybridized carbons (Fsp3) is 0.923. The molecule has 3 rings (SSSR count). The number of piperidine rings is 1. The summed E-state index contributed by atoms with van der Waals surface area (Å²) in [5, 5.41) is 21.9. The predicted molar refractivity (Wildman–Crippen MR) is 71.9 cm³/mol. The van der Waals surface area contributed by atoms with Crippen molar-refractivity contribution in [2.24, 2.45) is 16.7 Å². The first-order valence-electron chi connectivity index (χ1n) is 6.35. The number of hydrogen-bond donors (Lipinski definition) is 3. The lowest BCUT2D eigenvalue weighted by Crippen LogP contribution is -2.22. The Hall–Kier alpha value is -0.320. The van der Waals surface area contributed by atoms with E-state index in [9.17, 15) is 9.90 Å². The molecule has 18 heavy (non-hydrogen) atoms. The maximum Gasteiger partial charge on any atom is 0.312 e. The Morgan fingerprint density at radius 1 is 1.28 bits per heavy atom. The molecule has 106 valence electrons. The maximum absolute atomic E-state index is 10.8. The number of carbonyl (C=O) groups is 1. The normalized spacial score (nSPS) is 46.1. The average molecular weight is 278 g/mol. The van der Waals surface area contributed by atoms with Crippen molar-refractivity contribution < 1.29 is 15.0 Å². The van der Waals surface area contributed by atoms with Gasteiger partial charge in [0.15, 0.2) is 0 Å². The van der Waals surface area contributed by atoms with E-state index >= 15 is 0 Å². The molecule has 3 N–H and O–H groups in total. The van der Waals surface area contributed by atoms with Gasteiger partial charge in [0.05, 0.1) is 5.60 Å². The molecule has 4 atom stereocenters. The summed E-state index contributed by atoms with van der Waals surface area (Å²) >= 11 is 0. The predicted octanol–water partition coefficient (Wildman–Crippen LogP) is 1.66. The van der Waals surface area contributed by atoms with Crippen LogP contribution in [0.3, 0.4) is 0 Å². The van der Waals surface area contributed by atoms with Crippen LogP contribution in [0.15, 0.2) is 0 Å². The Bertz CT molecular complexity index is 332. The minimum atomic E-state index is -1.08. The molecular formula is C13H24ClNO3. The second-order valence-electron chi connectivity index (χ2n) is 6.47. The van der Waals surface area contributed by atoms with Crippen molar-refractivity contribution >= 4 is 18.4 Å². The van der Waals surface area contributed by atoms with Crippen molar-refractivity contribution in [3.63, 3.8) is 0 Å². The van der Waals surface area contributed by atoms with Crippen LogP contribution in [-0.4, -0.2) is 34.4 Å². The number of aliphatic carboxylic acids is 1. The van der Waals surface area contributed by atoms with Gasteiger partial charge in [-0.25, -0.2) is 0 Å². The van der Waals surface area contributed by atoms with Crippen molar-refractivity contribution in [1.82, 2.24) is 5.32 Å². The van der Waals surface area contributed by atoms with Crippen LogP contribution in [0.5, 0.6) is 0 Å². The quantitative estimate of drug-likeness (QED) is 0.682. The molecule has 1 aliphatic heterocycles. The van der Waals surface area contributed by atoms with Crippen LogP contribution in [0.25, 0.3) is 0 Å². The third-order valence-corrected chi connectivity index (χ3v) is 5.65. The van der Waals surface area contributed by atoms with Crippen molar-refractivity contribution in [1.29, 1.82) is 0 Å². The molecule has 1 heterocycles. The van der Waals surface area contributed by atoms with Crippen LogP contribution >= 0.6 is 12.4 Å². The van der Waals surface area contributed by atoms with E-state index in [2.05, 4.69) is 5.32 Å². The number of rotatable bonds is 1. The Kier molecular flexibility index (Phi) is 3.81. The van der Waals surface area contributed by atoms with Crippen LogP contribution < -0.4 is 5.32 Å². The summed E-state index contributed by atoms with van der Waals surface area (Å²) in [5.41, 5.74) is -2.59. The van der Waals surface area contributed by atoms with E-state index in [0.717, 1.165) is 12.0 Å². The van der Waals surface area contributed by atoms with Gasteiger partial charge in [0, 0.05) is 11.5 Å². The molecule has 0 aromatic heterocycles. The van der Waals surface area contributed by atoms with E-state index in [0.29, 0.717) is 0 Å². The first-order chi connectivity index (χ1) is 7.66. The lowest BCUT2D eigenvalue weighted by Gasteiger charge is -2.05. The summed E-state index contributed by atoms with van der Waals surface area (Å²) in [6.45, 7) is 7.97. The zero-order valence-electron chi connectivity index (χ0n) is 11.5. The Morgan fingerprint density at radius 3 is 1.83 bits per heavy atom. The Balaban J connectivity index is 0.000000194. The number of fused-ring (bicyclic) bond motifs is 1. The topological polar surface area (TPSA) is 69.6 Å². The smallest absolute Gasteiger partial charge is 0.312 e. The monoisotopic (exact) mass is 277 g/mol. The highest BCUT2D eigenvalue weighted by atomic mass is 35.5. The number of halogens is 1. The molecule has 3 fully saturated rings. The van der Waals surface area contributed by atoms with Gasteiger partial charge in [0.25, 0.3) is 0 Å². The molecule has 0 amide bonds. The van der Waals surface area contributed by atoms with Gasteiger partial charge in [-0.3, -0.25) is 4.79 Å². The second kappa shape index (κ2) is 4.36. The van der Waals surface area contributed by atoms with Crippen molar-refractivity contribution in [2.45, 2.75) is 52.2 Å². The van der Waals surface area contributed by atoms with Crippen LogP contribution in [0, 0.1) is 16.7 Å². The Morgan fingerprint density at radius 2 is 1.78 bits per heavy atom. The largest absolute Gasteiger partial charge is 0.481 e. The highest BCUT2D eigenvalue weighted by Gasteiger charge is 2.81. The molecule has 0 aromatic rings. The van der Waals surface area contributed by atoms with Gasteiger partial charge in [-0.05, 0) is 39.2 Å². The molecule has 2 saturated carbocycles. The van der Waals surface area contributed by atoms with Gasteiger partial charge < -0.3 is 15.5 Å². The van der Waals surface area contributed by atoms with E-state index in [1.807, 2.05) is 0 Å². The van der Waals surface area contributed by atoms with E-state index in [1.54, 1.807) is 27.7 Å². The highest BCUT2D eigenvalue weighted by Crippen LogP contribution is 2.71. The van der Waals surface area contributed by atoms with Gasteiger partial charge in [0.1, 0.15) is 5.41 Å². The van der Waals surface area contributed by atoms with Gasteiger partial charge >= 0.3 is 5.97 Å². The van der Waals surface area contributed by atoms with Gasteiger partial charge in [-0.1, -0.05) is 13.8 Å². The number of hydrogen-bond acceptors (Lipinski definition) is 3. The molecule has 0 spiro atoms. The molecule has 4 unspecified atom stereocenters. The van der Waals surface area contributed by atoms with Crippen LogP contribution in [0.2, 0.25) is 0 Å². The third-order valence-electron chi connectivity index (χ3n) is 5.65. The lowest BCUT2D eigenvalue weighted by molar-refractivity contribution is -0.145. The number of nitrogens with one attached hydrogen (secondary N) is 1. The summed E-state index contributed by atoms with van der Waals surface area (Å²) in [7, 11) is 0. The van der Waals surface area contributed by atoms with E-state index in [1.165, 1.54) is 19.4 Å². The molecule has 3 aliphatic rings. The van der Waals surface area contributed by atoms with Gasteiger partial charge in [0.2, 0.25) is 0 Å². The standard InChI is InChI=1S/C8H14O3.C5H9N.ClH/c1-6(2)7(3,5(9)10)8(6,4)11;1-2-6-5-3-4(1)5;/h11H,1-4H3,(H,9,10);4-6H,1-3H2;1H.